The fraction of sp³-hybridized carbons (Fsp3) is 0.167. The van der Waals surface area contributed by atoms with Crippen molar-refractivity contribution < 1.29 is 23.8 Å². The molecule has 0 amide bonds. The number of hydrogen-bond donors (Lipinski definition) is 1. The van der Waals surface area contributed by atoms with Crippen molar-refractivity contribution in [3.63, 3.8) is 0 Å². The van der Waals surface area contributed by atoms with Crippen LogP contribution in [0.5, 0.6) is 0 Å². The second kappa shape index (κ2) is 4.66. The van der Waals surface area contributed by atoms with Gasteiger partial charge < -0.3 is 14.3 Å². The summed E-state index contributed by atoms with van der Waals surface area (Å²) in [6.45, 7) is 1.59. The first kappa shape index (κ1) is 12.4. The summed E-state index contributed by atoms with van der Waals surface area (Å²) in [5.74, 6) is -0.684. The Morgan fingerprint density at radius 3 is 2.67 bits per heavy atom. The van der Waals surface area contributed by atoms with Gasteiger partial charge in [0.1, 0.15) is 22.0 Å². The van der Waals surface area contributed by atoms with Crippen LogP contribution in [0.4, 0.5) is 0 Å². The van der Waals surface area contributed by atoms with Crippen molar-refractivity contribution in [1.82, 2.24) is 0 Å². The molecule has 0 spiro atoms. The van der Waals surface area contributed by atoms with Gasteiger partial charge in [0.2, 0.25) is 0 Å². The Labute approximate surface area is 107 Å². The summed E-state index contributed by atoms with van der Waals surface area (Å²) in [6, 6.07) is 4.76. The molecule has 1 N–H and O–H groups in total. The molecule has 0 saturated heterocycles. The third-order valence-corrected chi connectivity index (χ3v) is 3.46. The van der Waals surface area contributed by atoms with Gasteiger partial charge in [0.05, 0.1) is 12.0 Å². The quantitative estimate of drug-likeness (QED) is 0.864. The first-order chi connectivity index (χ1) is 8.52. The topological polar surface area (TPSA) is 76.7 Å². The lowest BCUT2D eigenvalue weighted by Gasteiger charge is -1.92. The van der Waals surface area contributed by atoms with Crippen LogP contribution in [-0.2, 0) is 4.74 Å². The van der Waals surface area contributed by atoms with Crippen LogP contribution in [0.15, 0.2) is 22.6 Å². The van der Waals surface area contributed by atoms with E-state index >= 15 is 0 Å². The number of hydrogen-bond acceptors (Lipinski definition) is 5. The summed E-state index contributed by atoms with van der Waals surface area (Å²) in [4.78, 5) is 23.3. The highest BCUT2D eigenvalue weighted by Crippen LogP contribution is 2.31. The van der Waals surface area contributed by atoms with Crippen molar-refractivity contribution in [2.75, 3.05) is 7.11 Å². The molecular weight excluding hydrogens is 256 g/mol. The van der Waals surface area contributed by atoms with E-state index in [1.165, 1.54) is 24.5 Å². The standard InChI is InChI=1S/C12H10O5S/c1-6-7(11(13)14)5-8(17-6)9-3-4-10(18-9)12(15)16-2/h3-5H,1-2H3,(H,13,14). The number of thiophene rings is 1. The summed E-state index contributed by atoms with van der Waals surface area (Å²) >= 11 is 1.19. The van der Waals surface area contributed by atoms with Crippen molar-refractivity contribution in [3.8, 4) is 10.6 Å². The third-order valence-electron chi connectivity index (χ3n) is 2.38. The third kappa shape index (κ3) is 2.14. The number of carbonyl (C=O) groups excluding carboxylic acids is 1. The van der Waals surface area contributed by atoms with Crippen molar-refractivity contribution >= 4 is 23.3 Å². The summed E-state index contributed by atoms with van der Waals surface area (Å²) in [7, 11) is 1.31. The Kier molecular flexibility index (Phi) is 3.20. The molecule has 0 bridgehead atoms. The zero-order valence-electron chi connectivity index (χ0n) is 9.72. The van der Waals surface area contributed by atoms with Crippen LogP contribution in [0.2, 0.25) is 0 Å². The molecule has 94 valence electrons. The average Bonchev–Trinajstić information content (AvgIpc) is 2.93. The average molecular weight is 266 g/mol. The van der Waals surface area contributed by atoms with Gasteiger partial charge in [0.25, 0.3) is 0 Å². The number of carboxylic acids is 1. The SMILES string of the molecule is COC(=O)c1ccc(-c2cc(C(=O)O)c(C)o2)s1. The molecule has 0 aliphatic rings. The zero-order chi connectivity index (χ0) is 13.3. The molecular formula is C12H10O5S. The Morgan fingerprint density at radius 2 is 2.11 bits per heavy atom. The summed E-state index contributed by atoms with van der Waals surface area (Å²) in [5, 5.41) is 8.93. The van der Waals surface area contributed by atoms with Crippen LogP contribution in [0.1, 0.15) is 25.8 Å². The molecule has 2 rings (SSSR count). The normalized spacial score (nSPS) is 10.3. The molecule has 0 atom stereocenters. The van der Waals surface area contributed by atoms with Crippen LogP contribution in [0.3, 0.4) is 0 Å². The monoisotopic (exact) mass is 266 g/mol. The number of rotatable bonds is 3. The van der Waals surface area contributed by atoms with Gasteiger partial charge in [-0.1, -0.05) is 0 Å². The second-order valence-corrected chi connectivity index (χ2v) is 4.62. The highest BCUT2D eigenvalue weighted by Gasteiger charge is 2.17. The summed E-state index contributed by atoms with van der Waals surface area (Å²) in [5.41, 5.74) is 0.123. The first-order valence-corrected chi connectivity index (χ1v) is 5.87. The number of carboxylic acid groups (broad SMARTS) is 1. The van der Waals surface area contributed by atoms with E-state index < -0.39 is 11.9 Å². The lowest BCUT2D eigenvalue weighted by atomic mass is 10.2. The van der Waals surface area contributed by atoms with E-state index in [4.69, 9.17) is 9.52 Å². The molecule has 5 nitrogen and oxygen atoms in total. The van der Waals surface area contributed by atoms with E-state index in [-0.39, 0.29) is 5.56 Å². The van der Waals surface area contributed by atoms with Crippen LogP contribution in [-0.4, -0.2) is 24.2 Å². The molecule has 0 aliphatic heterocycles. The predicted octanol–water partition coefficient (Wildman–Crippen LogP) is 2.80. The summed E-state index contributed by atoms with van der Waals surface area (Å²) in [6.07, 6.45) is 0. The molecule has 0 aromatic carbocycles. The fourth-order valence-electron chi connectivity index (χ4n) is 1.50. The van der Waals surface area contributed by atoms with E-state index in [1.54, 1.807) is 19.1 Å². The zero-order valence-corrected chi connectivity index (χ0v) is 10.5. The minimum Gasteiger partial charge on any atom is -0.478 e. The Hall–Kier alpha value is -2.08. The number of ether oxygens (including phenoxy) is 1. The number of aromatic carboxylic acids is 1. The highest BCUT2D eigenvalue weighted by atomic mass is 32.1. The molecule has 2 aromatic rings. The lowest BCUT2D eigenvalue weighted by molar-refractivity contribution is 0.0605. The predicted molar refractivity (Wildman–Crippen MR) is 65.1 cm³/mol. The van der Waals surface area contributed by atoms with E-state index in [2.05, 4.69) is 4.74 Å². The largest absolute Gasteiger partial charge is 0.478 e. The van der Waals surface area contributed by atoms with Crippen LogP contribution in [0.25, 0.3) is 10.6 Å². The van der Waals surface area contributed by atoms with Gasteiger partial charge >= 0.3 is 11.9 Å². The van der Waals surface area contributed by atoms with Crippen molar-refractivity contribution in [3.05, 3.63) is 34.4 Å². The molecule has 0 aliphatic carbocycles. The molecule has 2 aromatic heterocycles. The van der Waals surface area contributed by atoms with Crippen LogP contribution < -0.4 is 0 Å². The molecule has 18 heavy (non-hydrogen) atoms. The molecule has 0 fully saturated rings. The minimum atomic E-state index is -1.03. The van der Waals surface area contributed by atoms with Crippen molar-refractivity contribution in [2.45, 2.75) is 6.92 Å². The fourth-order valence-corrected chi connectivity index (χ4v) is 2.37. The number of esters is 1. The Balaban J connectivity index is 2.37. The van der Waals surface area contributed by atoms with Crippen LogP contribution >= 0.6 is 11.3 Å². The number of furan rings is 1. The Morgan fingerprint density at radius 1 is 1.39 bits per heavy atom. The lowest BCUT2D eigenvalue weighted by Crippen LogP contribution is -1.96. The van der Waals surface area contributed by atoms with Gasteiger partial charge in [-0.15, -0.1) is 11.3 Å². The van der Waals surface area contributed by atoms with Crippen molar-refractivity contribution in [1.29, 1.82) is 0 Å². The van der Waals surface area contributed by atoms with Crippen LogP contribution in [0, 0.1) is 6.92 Å². The summed E-state index contributed by atoms with van der Waals surface area (Å²) < 4.78 is 9.97. The van der Waals surface area contributed by atoms with E-state index in [9.17, 15) is 9.59 Å². The van der Waals surface area contributed by atoms with Gasteiger partial charge in [-0.3, -0.25) is 0 Å². The highest BCUT2D eigenvalue weighted by molar-refractivity contribution is 7.17. The molecule has 0 saturated carbocycles. The Bertz CT molecular complexity index is 608. The second-order valence-electron chi connectivity index (χ2n) is 3.54. The maximum atomic E-state index is 11.3. The molecule has 2 heterocycles. The number of carbonyl (C=O) groups is 2. The number of aryl methyl sites for hydroxylation is 1. The number of methoxy groups -OCH3 is 1. The van der Waals surface area contributed by atoms with Gasteiger partial charge in [-0.25, -0.2) is 9.59 Å². The van der Waals surface area contributed by atoms with Gasteiger partial charge in [0.15, 0.2) is 0 Å². The van der Waals surface area contributed by atoms with E-state index in [1.807, 2.05) is 0 Å². The minimum absolute atomic E-state index is 0.123. The van der Waals surface area contributed by atoms with Crippen molar-refractivity contribution in [2.24, 2.45) is 0 Å². The van der Waals surface area contributed by atoms with E-state index in [0.717, 1.165) is 0 Å². The maximum Gasteiger partial charge on any atom is 0.348 e. The smallest absolute Gasteiger partial charge is 0.348 e. The van der Waals surface area contributed by atoms with E-state index in [0.29, 0.717) is 21.3 Å². The molecule has 0 unspecified atom stereocenters. The first-order valence-electron chi connectivity index (χ1n) is 5.05. The molecule has 6 heteroatoms. The van der Waals surface area contributed by atoms with Gasteiger partial charge in [-0.2, -0.15) is 0 Å². The maximum absolute atomic E-state index is 11.3. The van der Waals surface area contributed by atoms with Gasteiger partial charge in [-0.05, 0) is 19.1 Å². The molecule has 0 radical (unpaired) electrons. The van der Waals surface area contributed by atoms with Gasteiger partial charge in [0, 0.05) is 6.07 Å².